The Morgan fingerprint density at radius 2 is 1.74 bits per heavy atom. The van der Waals surface area contributed by atoms with Gasteiger partial charge in [-0.1, -0.05) is 30.3 Å². The fraction of sp³-hybridized carbons (Fsp3) is 0.471. The Labute approximate surface area is 135 Å². The molecule has 0 spiro atoms. The molecule has 0 aliphatic carbocycles. The van der Waals surface area contributed by atoms with Gasteiger partial charge in [0.05, 0.1) is 6.42 Å². The lowest BCUT2D eigenvalue weighted by Gasteiger charge is -2.24. The number of ether oxygens (including phenoxy) is 1. The normalized spacial score (nSPS) is 12.3. The predicted molar refractivity (Wildman–Crippen MR) is 84.8 cm³/mol. The van der Waals surface area contributed by atoms with Crippen molar-refractivity contribution < 1.29 is 24.2 Å². The fourth-order valence-electron chi connectivity index (χ4n) is 1.90. The van der Waals surface area contributed by atoms with Gasteiger partial charge in [0.25, 0.3) is 0 Å². The van der Waals surface area contributed by atoms with Crippen molar-refractivity contribution in [1.82, 2.24) is 5.32 Å². The first-order chi connectivity index (χ1) is 10.7. The van der Waals surface area contributed by atoms with E-state index in [0.29, 0.717) is 0 Å². The van der Waals surface area contributed by atoms with Crippen LogP contribution in [0.2, 0.25) is 0 Å². The van der Waals surface area contributed by atoms with Gasteiger partial charge in [0, 0.05) is 12.8 Å². The van der Waals surface area contributed by atoms with Gasteiger partial charge in [-0.3, -0.25) is 9.59 Å². The van der Waals surface area contributed by atoms with E-state index in [1.807, 2.05) is 30.3 Å². The highest BCUT2D eigenvalue weighted by Gasteiger charge is 2.27. The summed E-state index contributed by atoms with van der Waals surface area (Å²) in [4.78, 5) is 34.6. The molecule has 6 heteroatoms. The number of nitrogens with one attached hydrogen (secondary N) is 1. The molecule has 6 nitrogen and oxygen atoms in total. The lowest BCUT2D eigenvalue weighted by Crippen LogP contribution is -2.45. The van der Waals surface area contributed by atoms with E-state index in [1.165, 1.54) is 0 Å². The van der Waals surface area contributed by atoms with Crippen molar-refractivity contribution in [3.05, 3.63) is 35.9 Å². The zero-order chi connectivity index (χ0) is 17.5. The Bertz CT molecular complexity index is 548. The monoisotopic (exact) mass is 321 g/mol. The zero-order valence-corrected chi connectivity index (χ0v) is 13.7. The van der Waals surface area contributed by atoms with Crippen LogP contribution in [0.4, 0.5) is 0 Å². The summed E-state index contributed by atoms with van der Waals surface area (Å²) in [6, 6.07) is 8.39. The van der Waals surface area contributed by atoms with E-state index in [1.54, 1.807) is 20.8 Å². The van der Waals surface area contributed by atoms with Crippen LogP contribution in [0.25, 0.3) is 0 Å². The summed E-state index contributed by atoms with van der Waals surface area (Å²) < 4.78 is 5.33. The van der Waals surface area contributed by atoms with Crippen LogP contribution in [0, 0.1) is 0 Å². The van der Waals surface area contributed by atoms with Crippen LogP contribution in [0.5, 0.6) is 0 Å². The number of carboxylic acids is 1. The number of hydrogen-bond donors (Lipinski definition) is 2. The van der Waals surface area contributed by atoms with Crippen LogP contribution >= 0.6 is 0 Å². The zero-order valence-electron chi connectivity index (χ0n) is 13.7. The highest BCUT2D eigenvalue weighted by Crippen LogP contribution is 2.12. The molecule has 0 aromatic heterocycles. The van der Waals surface area contributed by atoms with E-state index in [4.69, 9.17) is 9.84 Å². The first-order valence-electron chi connectivity index (χ1n) is 7.45. The lowest BCUT2D eigenvalue weighted by atomic mass is 10.1. The molecule has 126 valence electrons. The molecule has 2 N–H and O–H groups in total. The molecule has 23 heavy (non-hydrogen) atoms. The minimum absolute atomic E-state index is 0.177. The van der Waals surface area contributed by atoms with Crippen LogP contribution in [-0.4, -0.2) is 34.6 Å². The highest BCUT2D eigenvalue weighted by molar-refractivity contribution is 5.86. The Morgan fingerprint density at radius 3 is 2.26 bits per heavy atom. The topological polar surface area (TPSA) is 92.7 Å². The number of carbonyl (C=O) groups is 3. The highest BCUT2D eigenvalue weighted by atomic mass is 16.6. The molecular weight excluding hydrogens is 298 g/mol. The van der Waals surface area contributed by atoms with Crippen LogP contribution in [0.3, 0.4) is 0 Å². The van der Waals surface area contributed by atoms with Crippen molar-refractivity contribution >= 4 is 17.8 Å². The van der Waals surface area contributed by atoms with E-state index in [2.05, 4.69) is 5.32 Å². The van der Waals surface area contributed by atoms with Crippen molar-refractivity contribution in [1.29, 1.82) is 0 Å². The van der Waals surface area contributed by atoms with Crippen molar-refractivity contribution in [3.63, 3.8) is 0 Å². The summed E-state index contributed by atoms with van der Waals surface area (Å²) in [7, 11) is 0. The van der Waals surface area contributed by atoms with Gasteiger partial charge in [-0.05, 0) is 26.3 Å². The van der Waals surface area contributed by atoms with Crippen molar-refractivity contribution in [3.8, 4) is 0 Å². The number of hydrogen-bond acceptors (Lipinski definition) is 4. The largest absolute Gasteiger partial charge is 0.481 e. The number of rotatable bonds is 7. The average Bonchev–Trinajstić information content (AvgIpc) is 2.43. The summed E-state index contributed by atoms with van der Waals surface area (Å²) in [5, 5.41) is 11.2. The van der Waals surface area contributed by atoms with Gasteiger partial charge in [-0.15, -0.1) is 0 Å². The lowest BCUT2D eigenvalue weighted by molar-refractivity contribution is -0.158. The Kier molecular flexibility index (Phi) is 6.75. The molecule has 0 aliphatic heterocycles. The summed E-state index contributed by atoms with van der Waals surface area (Å²) >= 11 is 0. The third-order valence-electron chi connectivity index (χ3n) is 2.88. The van der Waals surface area contributed by atoms with E-state index in [0.717, 1.165) is 5.56 Å². The van der Waals surface area contributed by atoms with Crippen LogP contribution < -0.4 is 5.32 Å². The number of carbonyl (C=O) groups excluding carboxylic acids is 2. The van der Waals surface area contributed by atoms with Gasteiger partial charge in [-0.2, -0.15) is 0 Å². The van der Waals surface area contributed by atoms with Gasteiger partial charge in [0.15, 0.2) is 0 Å². The molecule has 1 aromatic carbocycles. The third kappa shape index (κ3) is 7.99. The molecule has 0 radical (unpaired) electrons. The molecule has 1 atom stereocenters. The van der Waals surface area contributed by atoms with Crippen molar-refractivity contribution in [2.45, 2.75) is 51.7 Å². The molecule has 0 heterocycles. The standard InChI is InChI=1S/C17H23NO5/c1-17(2,3)23-16(22)13(11-12-7-5-4-6-8-12)18-14(19)9-10-15(20)21/h4-8,13H,9-11H2,1-3H3,(H,18,19)(H,20,21)/t13-/m1/s1. The van der Waals surface area contributed by atoms with E-state index < -0.39 is 29.5 Å². The third-order valence-corrected chi connectivity index (χ3v) is 2.88. The molecule has 0 aliphatic rings. The number of amides is 1. The second-order valence-electron chi connectivity index (χ2n) is 6.24. The second kappa shape index (κ2) is 8.31. The first kappa shape index (κ1) is 18.7. The number of esters is 1. The Balaban J connectivity index is 2.77. The molecule has 0 saturated carbocycles. The summed E-state index contributed by atoms with van der Waals surface area (Å²) in [6.45, 7) is 5.24. The maximum absolute atomic E-state index is 12.3. The molecule has 1 rings (SSSR count). The molecule has 0 fully saturated rings. The van der Waals surface area contributed by atoms with Crippen LogP contribution in [-0.2, 0) is 25.5 Å². The average molecular weight is 321 g/mol. The number of aliphatic carboxylic acids is 1. The minimum Gasteiger partial charge on any atom is -0.481 e. The molecule has 0 unspecified atom stereocenters. The SMILES string of the molecule is CC(C)(C)OC(=O)[C@@H](Cc1ccccc1)NC(=O)CCC(=O)O. The van der Waals surface area contributed by atoms with Crippen molar-refractivity contribution in [2.24, 2.45) is 0 Å². The second-order valence-corrected chi connectivity index (χ2v) is 6.24. The van der Waals surface area contributed by atoms with E-state index in [9.17, 15) is 14.4 Å². The van der Waals surface area contributed by atoms with Gasteiger partial charge >= 0.3 is 11.9 Å². The van der Waals surface area contributed by atoms with Gasteiger partial charge in [-0.25, -0.2) is 4.79 Å². The van der Waals surface area contributed by atoms with E-state index >= 15 is 0 Å². The Hall–Kier alpha value is -2.37. The molecule has 1 amide bonds. The quantitative estimate of drug-likeness (QED) is 0.749. The molecule has 0 saturated heterocycles. The number of benzene rings is 1. The molecule has 1 aromatic rings. The maximum Gasteiger partial charge on any atom is 0.329 e. The van der Waals surface area contributed by atoms with Crippen LogP contribution in [0.15, 0.2) is 30.3 Å². The minimum atomic E-state index is -1.06. The predicted octanol–water partition coefficient (Wildman–Crippen LogP) is 1.92. The molecular formula is C17H23NO5. The fourth-order valence-corrected chi connectivity index (χ4v) is 1.90. The Morgan fingerprint density at radius 1 is 1.13 bits per heavy atom. The van der Waals surface area contributed by atoms with E-state index in [-0.39, 0.29) is 19.3 Å². The maximum atomic E-state index is 12.3. The first-order valence-corrected chi connectivity index (χ1v) is 7.45. The summed E-state index contributed by atoms with van der Waals surface area (Å²) in [5.74, 6) is -2.08. The summed E-state index contributed by atoms with van der Waals surface area (Å²) in [6.07, 6.45) is -0.170. The van der Waals surface area contributed by atoms with Gasteiger partial charge < -0.3 is 15.2 Å². The number of carboxylic acid groups (broad SMARTS) is 1. The molecule has 0 bridgehead atoms. The van der Waals surface area contributed by atoms with Crippen LogP contribution in [0.1, 0.15) is 39.2 Å². The van der Waals surface area contributed by atoms with Crippen molar-refractivity contribution in [2.75, 3.05) is 0 Å². The van der Waals surface area contributed by atoms with Gasteiger partial charge in [0.1, 0.15) is 11.6 Å². The smallest absolute Gasteiger partial charge is 0.329 e. The van der Waals surface area contributed by atoms with Gasteiger partial charge in [0.2, 0.25) is 5.91 Å². The summed E-state index contributed by atoms with van der Waals surface area (Å²) in [5.41, 5.74) is 0.208.